The van der Waals surface area contributed by atoms with Crippen LogP contribution in [0, 0.1) is 5.92 Å². The van der Waals surface area contributed by atoms with Gasteiger partial charge in [0.15, 0.2) is 0 Å². The summed E-state index contributed by atoms with van der Waals surface area (Å²) in [6, 6.07) is 3.80. The molecule has 102 valence electrons. The van der Waals surface area contributed by atoms with Crippen molar-refractivity contribution < 1.29 is 9.15 Å². The standard InChI is InChI=1S/C14H24N2O2/c1-2-17-14(11-7-4-3-5-8-11)13(16-15)12-9-6-10-18-12/h6,9-11,13-14,16H,2-5,7-8,15H2,1H3. The Bertz CT molecular complexity index is 321. The topological polar surface area (TPSA) is 60.4 Å². The molecule has 2 rings (SSSR count). The maximum absolute atomic E-state index is 5.96. The summed E-state index contributed by atoms with van der Waals surface area (Å²) in [7, 11) is 0. The van der Waals surface area contributed by atoms with E-state index >= 15 is 0 Å². The molecular weight excluding hydrogens is 228 g/mol. The van der Waals surface area contributed by atoms with Crippen LogP contribution in [0.2, 0.25) is 0 Å². The minimum atomic E-state index is -0.0527. The highest BCUT2D eigenvalue weighted by atomic mass is 16.5. The molecule has 1 saturated carbocycles. The molecule has 1 aliphatic rings. The van der Waals surface area contributed by atoms with Gasteiger partial charge in [-0.15, -0.1) is 0 Å². The van der Waals surface area contributed by atoms with E-state index < -0.39 is 0 Å². The van der Waals surface area contributed by atoms with Gasteiger partial charge in [-0.3, -0.25) is 5.84 Å². The fourth-order valence-corrected chi connectivity index (χ4v) is 2.97. The summed E-state index contributed by atoms with van der Waals surface area (Å²) >= 11 is 0. The zero-order chi connectivity index (χ0) is 12.8. The van der Waals surface area contributed by atoms with Crippen molar-refractivity contribution in [2.45, 2.75) is 51.2 Å². The van der Waals surface area contributed by atoms with Crippen molar-refractivity contribution in [3.63, 3.8) is 0 Å². The van der Waals surface area contributed by atoms with Crippen LogP contribution < -0.4 is 11.3 Å². The summed E-state index contributed by atoms with van der Waals surface area (Å²) in [5, 5.41) is 0. The highest BCUT2D eigenvalue weighted by molar-refractivity contribution is 5.07. The van der Waals surface area contributed by atoms with Crippen LogP contribution in [0.5, 0.6) is 0 Å². The number of ether oxygens (including phenoxy) is 1. The predicted octanol–water partition coefficient (Wildman–Crippen LogP) is 2.77. The third-order valence-corrected chi connectivity index (χ3v) is 3.83. The van der Waals surface area contributed by atoms with Crippen molar-refractivity contribution in [2.75, 3.05) is 6.61 Å². The molecule has 0 saturated heterocycles. The number of rotatable bonds is 6. The van der Waals surface area contributed by atoms with Gasteiger partial charge in [0.25, 0.3) is 0 Å². The first-order valence-electron chi connectivity index (χ1n) is 6.98. The molecule has 1 fully saturated rings. The molecule has 4 heteroatoms. The van der Waals surface area contributed by atoms with Gasteiger partial charge in [-0.25, -0.2) is 5.43 Å². The highest BCUT2D eigenvalue weighted by Crippen LogP contribution is 2.34. The molecule has 18 heavy (non-hydrogen) atoms. The molecule has 1 aromatic heterocycles. The molecule has 1 heterocycles. The lowest BCUT2D eigenvalue weighted by Crippen LogP contribution is -2.42. The molecule has 2 atom stereocenters. The van der Waals surface area contributed by atoms with Gasteiger partial charge in [-0.2, -0.15) is 0 Å². The van der Waals surface area contributed by atoms with Crippen LogP contribution in [0.15, 0.2) is 22.8 Å². The molecule has 2 unspecified atom stereocenters. The predicted molar refractivity (Wildman–Crippen MR) is 70.8 cm³/mol. The quantitative estimate of drug-likeness (QED) is 0.603. The normalized spacial score (nSPS) is 20.8. The maximum atomic E-state index is 5.96. The van der Waals surface area contributed by atoms with Gasteiger partial charge in [-0.1, -0.05) is 19.3 Å². The molecule has 1 aromatic rings. The average molecular weight is 252 g/mol. The summed E-state index contributed by atoms with van der Waals surface area (Å²) in [5.74, 6) is 7.15. The van der Waals surface area contributed by atoms with E-state index in [4.69, 9.17) is 15.0 Å². The van der Waals surface area contributed by atoms with Crippen LogP contribution in [-0.4, -0.2) is 12.7 Å². The van der Waals surface area contributed by atoms with Gasteiger partial charge in [-0.05, 0) is 37.8 Å². The second-order valence-corrected chi connectivity index (χ2v) is 4.98. The van der Waals surface area contributed by atoms with Gasteiger partial charge < -0.3 is 9.15 Å². The number of nitrogens with one attached hydrogen (secondary N) is 1. The van der Waals surface area contributed by atoms with Gasteiger partial charge >= 0.3 is 0 Å². The van der Waals surface area contributed by atoms with E-state index in [9.17, 15) is 0 Å². The van der Waals surface area contributed by atoms with Crippen LogP contribution in [0.25, 0.3) is 0 Å². The summed E-state index contributed by atoms with van der Waals surface area (Å²) in [4.78, 5) is 0. The SMILES string of the molecule is CCOC(C1CCCCC1)C(NN)c1ccco1. The number of furan rings is 1. The van der Waals surface area contributed by atoms with Crippen molar-refractivity contribution in [1.29, 1.82) is 0 Å². The van der Waals surface area contributed by atoms with Gasteiger partial charge in [0.05, 0.1) is 12.4 Å². The van der Waals surface area contributed by atoms with Crippen molar-refractivity contribution in [3.8, 4) is 0 Å². The van der Waals surface area contributed by atoms with Crippen LogP contribution >= 0.6 is 0 Å². The van der Waals surface area contributed by atoms with E-state index in [1.807, 2.05) is 19.1 Å². The van der Waals surface area contributed by atoms with Gasteiger partial charge in [0.2, 0.25) is 0 Å². The molecule has 0 radical (unpaired) electrons. The van der Waals surface area contributed by atoms with E-state index in [2.05, 4.69) is 5.43 Å². The molecule has 0 aromatic carbocycles. The summed E-state index contributed by atoms with van der Waals surface area (Å²) in [6.45, 7) is 2.74. The second kappa shape index (κ2) is 6.92. The van der Waals surface area contributed by atoms with Crippen molar-refractivity contribution in [1.82, 2.24) is 5.43 Å². The molecule has 0 spiro atoms. The molecule has 4 nitrogen and oxygen atoms in total. The molecule has 0 amide bonds. The number of hydrogen-bond donors (Lipinski definition) is 2. The largest absolute Gasteiger partial charge is 0.468 e. The van der Waals surface area contributed by atoms with E-state index in [1.165, 1.54) is 32.1 Å². The van der Waals surface area contributed by atoms with E-state index in [0.29, 0.717) is 12.5 Å². The monoisotopic (exact) mass is 252 g/mol. The van der Waals surface area contributed by atoms with E-state index in [1.54, 1.807) is 6.26 Å². The highest BCUT2D eigenvalue weighted by Gasteiger charge is 2.33. The lowest BCUT2D eigenvalue weighted by molar-refractivity contribution is -0.0228. The van der Waals surface area contributed by atoms with Gasteiger partial charge in [0.1, 0.15) is 11.8 Å². The summed E-state index contributed by atoms with van der Waals surface area (Å²) in [6.07, 6.45) is 8.17. The minimum Gasteiger partial charge on any atom is -0.468 e. The smallest absolute Gasteiger partial charge is 0.124 e. The number of hydrazine groups is 1. The first-order valence-corrected chi connectivity index (χ1v) is 6.98. The Labute approximate surface area is 109 Å². The Balaban J connectivity index is 2.11. The summed E-state index contributed by atoms with van der Waals surface area (Å²) in [5.41, 5.74) is 2.87. The van der Waals surface area contributed by atoms with Crippen LogP contribution in [0.3, 0.4) is 0 Å². The Morgan fingerprint density at radius 2 is 2.22 bits per heavy atom. The molecular formula is C14H24N2O2. The van der Waals surface area contributed by atoms with Gasteiger partial charge in [0, 0.05) is 6.61 Å². The third kappa shape index (κ3) is 3.13. The Kier molecular flexibility index (Phi) is 5.23. The van der Waals surface area contributed by atoms with Crippen LogP contribution in [0.1, 0.15) is 50.8 Å². The Morgan fingerprint density at radius 3 is 2.78 bits per heavy atom. The second-order valence-electron chi connectivity index (χ2n) is 4.98. The van der Waals surface area contributed by atoms with E-state index in [-0.39, 0.29) is 12.1 Å². The lowest BCUT2D eigenvalue weighted by atomic mass is 9.82. The number of nitrogens with two attached hydrogens (primary N) is 1. The van der Waals surface area contributed by atoms with Crippen molar-refractivity contribution in [2.24, 2.45) is 11.8 Å². The molecule has 1 aliphatic carbocycles. The fraction of sp³-hybridized carbons (Fsp3) is 0.714. The maximum Gasteiger partial charge on any atom is 0.124 e. The zero-order valence-electron chi connectivity index (χ0n) is 11.1. The summed E-state index contributed by atoms with van der Waals surface area (Å²) < 4.78 is 11.4. The first kappa shape index (κ1) is 13.6. The lowest BCUT2D eigenvalue weighted by Gasteiger charge is -2.34. The zero-order valence-corrected chi connectivity index (χ0v) is 11.1. The third-order valence-electron chi connectivity index (χ3n) is 3.83. The Hall–Kier alpha value is -0.840. The molecule has 3 N–H and O–H groups in total. The van der Waals surface area contributed by atoms with E-state index in [0.717, 1.165) is 5.76 Å². The molecule has 0 aliphatic heterocycles. The van der Waals surface area contributed by atoms with Crippen molar-refractivity contribution in [3.05, 3.63) is 24.2 Å². The minimum absolute atomic E-state index is 0.0527. The van der Waals surface area contributed by atoms with Crippen molar-refractivity contribution >= 4 is 0 Å². The number of hydrogen-bond acceptors (Lipinski definition) is 4. The van der Waals surface area contributed by atoms with Crippen LogP contribution in [0.4, 0.5) is 0 Å². The fourth-order valence-electron chi connectivity index (χ4n) is 2.97. The van der Waals surface area contributed by atoms with Crippen LogP contribution in [-0.2, 0) is 4.74 Å². The average Bonchev–Trinajstić information content (AvgIpc) is 2.94. The first-order chi connectivity index (χ1) is 8.86. The Morgan fingerprint density at radius 1 is 1.44 bits per heavy atom. The molecule has 0 bridgehead atoms.